The van der Waals surface area contributed by atoms with Gasteiger partial charge in [-0.2, -0.15) is 9.78 Å². The van der Waals surface area contributed by atoms with Crippen molar-refractivity contribution in [2.75, 3.05) is 0 Å². The van der Waals surface area contributed by atoms with E-state index in [1.54, 1.807) is 18.2 Å². The molecule has 0 saturated heterocycles. The molecule has 1 aromatic heterocycles. The minimum Gasteiger partial charge on any atom is -0.479 e. The number of rotatable bonds is 6. The molecule has 9 heteroatoms. The Bertz CT molecular complexity index is 1410. The van der Waals surface area contributed by atoms with Crippen LogP contribution in [-0.2, 0) is 4.79 Å². The van der Waals surface area contributed by atoms with E-state index in [9.17, 15) is 9.59 Å². The van der Waals surface area contributed by atoms with Crippen LogP contribution in [0.3, 0.4) is 0 Å². The maximum absolute atomic E-state index is 13.2. The van der Waals surface area contributed by atoms with Crippen LogP contribution in [0.1, 0.15) is 12.5 Å². The molecule has 1 atom stereocenters. The van der Waals surface area contributed by atoms with E-state index in [4.69, 9.17) is 33.0 Å². The van der Waals surface area contributed by atoms with Gasteiger partial charge in [0.05, 0.1) is 27.2 Å². The van der Waals surface area contributed by atoms with Crippen molar-refractivity contribution in [1.29, 1.82) is 0 Å². The van der Waals surface area contributed by atoms with Crippen LogP contribution in [0.2, 0.25) is 10.0 Å². The zero-order valence-electron chi connectivity index (χ0n) is 17.3. The highest BCUT2D eigenvalue weighted by Gasteiger charge is 2.18. The van der Waals surface area contributed by atoms with Crippen LogP contribution in [0.5, 0.6) is 5.75 Å². The summed E-state index contributed by atoms with van der Waals surface area (Å²) in [6.07, 6.45) is 0.294. The van der Waals surface area contributed by atoms with E-state index in [1.807, 2.05) is 36.4 Å². The molecule has 0 unspecified atom stereocenters. The summed E-state index contributed by atoms with van der Waals surface area (Å²) < 4.78 is 6.54. The van der Waals surface area contributed by atoms with Crippen molar-refractivity contribution < 1.29 is 14.6 Å². The number of carbonyl (C=O) groups is 1. The number of carboxylic acid groups (broad SMARTS) is 1. The molecule has 0 spiro atoms. The molecule has 0 amide bonds. The summed E-state index contributed by atoms with van der Waals surface area (Å²) in [5, 5.41) is 14.1. The molecule has 3 aromatic carbocycles. The van der Waals surface area contributed by atoms with Gasteiger partial charge in [0.1, 0.15) is 0 Å². The first-order chi connectivity index (χ1) is 15.8. The molecule has 33 heavy (non-hydrogen) atoms. The van der Waals surface area contributed by atoms with Crippen LogP contribution in [0, 0.1) is 0 Å². The van der Waals surface area contributed by atoms with Crippen LogP contribution >= 0.6 is 23.2 Å². The number of aromatic nitrogens is 2. The Kier molecular flexibility index (Phi) is 6.44. The first-order valence-electron chi connectivity index (χ1n) is 9.85. The Hall–Kier alpha value is -3.68. The molecule has 0 fully saturated rings. The molecule has 1 N–H and O–H groups in total. The van der Waals surface area contributed by atoms with Crippen LogP contribution < -0.4 is 10.3 Å². The Morgan fingerprint density at radius 3 is 2.39 bits per heavy atom. The van der Waals surface area contributed by atoms with Crippen molar-refractivity contribution >= 4 is 46.3 Å². The molecule has 166 valence electrons. The largest absolute Gasteiger partial charge is 0.479 e. The molecule has 0 aliphatic heterocycles. The third kappa shape index (κ3) is 4.74. The van der Waals surface area contributed by atoms with E-state index >= 15 is 0 Å². The molecule has 0 aliphatic rings. The number of fused-ring (bicyclic) bond motifs is 1. The highest BCUT2D eigenvalue weighted by atomic mass is 35.5. The van der Waals surface area contributed by atoms with Gasteiger partial charge in [-0.3, -0.25) is 4.79 Å². The standard InChI is InChI=1S/C24H17Cl2N3O4/c1-14(24(31)32)33-21-18(25)11-15(12-19(21)26)13-27-29-22(16-7-3-2-4-8-16)28-20-10-6-5-9-17(20)23(29)30/h2-14H,1H3,(H,31,32)/t14-/m0/s1. The quantitative estimate of drug-likeness (QED) is 0.386. The van der Waals surface area contributed by atoms with Gasteiger partial charge in [0.2, 0.25) is 0 Å². The molecular formula is C24H17Cl2N3O4. The van der Waals surface area contributed by atoms with Crippen LogP contribution in [0.4, 0.5) is 0 Å². The maximum Gasteiger partial charge on any atom is 0.344 e. The summed E-state index contributed by atoms with van der Waals surface area (Å²) in [7, 11) is 0. The fourth-order valence-corrected chi connectivity index (χ4v) is 3.72. The maximum atomic E-state index is 13.2. The second kappa shape index (κ2) is 9.44. The lowest BCUT2D eigenvalue weighted by atomic mass is 10.2. The topological polar surface area (TPSA) is 93.8 Å². The number of carboxylic acids is 1. The zero-order valence-corrected chi connectivity index (χ0v) is 18.8. The minimum absolute atomic E-state index is 0.0555. The van der Waals surface area contributed by atoms with E-state index in [1.165, 1.54) is 29.9 Å². The first-order valence-corrected chi connectivity index (χ1v) is 10.6. The highest BCUT2D eigenvalue weighted by Crippen LogP contribution is 2.34. The molecule has 0 saturated carbocycles. The molecule has 4 rings (SSSR count). The van der Waals surface area contributed by atoms with Gasteiger partial charge >= 0.3 is 5.97 Å². The van der Waals surface area contributed by atoms with Crippen molar-refractivity contribution in [3.05, 3.63) is 92.7 Å². The average molecular weight is 482 g/mol. The SMILES string of the molecule is C[C@H](Oc1c(Cl)cc(C=Nn2c(-c3ccccc3)nc3ccccc3c2=O)cc1Cl)C(=O)O. The van der Waals surface area contributed by atoms with Crippen molar-refractivity contribution in [2.45, 2.75) is 13.0 Å². The Balaban J connectivity index is 1.79. The van der Waals surface area contributed by atoms with Crippen LogP contribution in [-0.4, -0.2) is 33.1 Å². The number of benzene rings is 3. The second-order valence-corrected chi connectivity index (χ2v) is 7.91. The number of hydrogen-bond acceptors (Lipinski definition) is 5. The molecule has 1 heterocycles. The normalized spacial score (nSPS) is 12.2. The van der Waals surface area contributed by atoms with Gasteiger partial charge in [-0.25, -0.2) is 9.78 Å². The summed E-state index contributed by atoms with van der Waals surface area (Å²) in [5.74, 6) is -0.715. The Labute approximate surface area is 198 Å². The third-order valence-electron chi connectivity index (χ3n) is 4.77. The van der Waals surface area contributed by atoms with Crippen LogP contribution in [0.25, 0.3) is 22.3 Å². The van der Waals surface area contributed by atoms with E-state index in [2.05, 4.69) is 10.1 Å². The van der Waals surface area contributed by atoms with Crippen LogP contribution in [0.15, 0.2) is 76.6 Å². The lowest BCUT2D eigenvalue weighted by Gasteiger charge is -2.14. The zero-order chi connectivity index (χ0) is 23.5. The van der Waals surface area contributed by atoms with Gasteiger partial charge in [-0.1, -0.05) is 65.7 Å². The summed E-state index contributed by atoms with van der Waals surface area (Å²) in [5.41, 5.74) is 1.44. The first kappa shape index (κ1) is 22.5. The van der Waals surface area contributed by atoms with Gasteiger partial charge in [-0.15, -0.1) is 0 Å². The van der Waals surface area contributed by atoms with Crippen molar-refractivity contribution in [3.63, 3.8) is 0 Å². The number of para-hydroxylation sites is 1. The van der Waals surface area contributed by atoms with Gasteiger partial charge in [0.25, 0.3) is 5.56 Å². The highest BCUT2D eigenvalue weighted by molar-refractivity contribution is 6.37. The van der Waals surface area contributed by atoms with E-state index in [0.717, 1.165) is 5.56 Å². The lowest BCUT2D eigenvalue weighted by Crippen LogP contribution is -2.23. The smallest absolute Gasteiger partial charge is 0.344 e. The van der Waals surface area contributed by atoms with Gasteiger partial charge in [0, 0.05) is 5.56 Å². The van der Waals surface area contributed by atoms with Crippen molar-refractivity contribution in [1.82, 2.24) is 9.66 Å². The lowest BCUT2D eigenvalue weighted by molar-refractivity contribution is -0.144. The molecule has 0 bridgehead atoms. The molecular weight excluding hydrogens is 465 g/mol. The fourth-order valence-electron chi connectivity index (χ4n) is 3.12. The second-order valence-electron chi connectivity index (χ2n) is 7.09. The third-order valence-corrected chi connectivity index (χ3v) is 5.33. The minimum atomic E-state index is -1.15. The number of ether oxygens (including phenoxy) is 1. The van der Waals surface area contributed by atoms with Gasteiger partial charge in [-0.05, 0) is 36.8 Å². The summed E-state index contributed by atoms with van der Waals surface area (Å²) >= 11 is 12.5. The number of nitrogens with zero attached hydrogens (tertiary/aromatic N) is 3. The summed E-state index contributed by atoms with van der Waals surface area (Å²) in [4.78, 5) is 28.9. The van der Waals surface area contributed by atoms with Crippen molar-refractivity contribution in [3.8, 4) is 17.1 Å². The summed E-state index contributed by atoms with van der Waals surface area (Å²) in [6.45, 7) is 1.37. The number of halogens is 2. The van der Waals surface area contributed by atoms with Crippen molar-refractivity contribution in [2.24, 2.45) is 5.10 Å². The van der Waals surface area contributed by atoms with Gasteiger partial charge in [0.15, 0.2) is 17.7 Å². The van der Waals surface area contributed by atoms with E-state index in [-0.39, 0.29) is 21.4 Å². The Morgan fingerprint density at radius 2 is 1.73 bits per heavy atom. The predicted molar refractivity (Wildman–Crippen MR) is 129 cm³/mol. The fraction of sp³-hybridized carbons (Fsp3) is 0.0833. The average Bonchev–Trinajstić information content (AvgIpc) is 2.81. The monoisotopic (exact) mass is 481 g/mol. The van der Waals surface area contributed by atoms with Gasteiger partial charge < -0.3 is 9.84 Å². The number of hydrogen-bond donors (Lipinski definition) is 1. The molecule has 7 nitrogen and oxygen atoms in total. The predicted octanol–water partition coefficient (Wildman–Crippen LogP) is 5.10. The molecule has 0 radical (unpaired) electrons. The van der Waals surface area contributed by atoms with E-state index in [0.29, 0.717) is 22.3 Å². The molecule has 4 aromatic rings. The summed E-state index contributed by atoms with van der Waals surface area (Å²) in [6, 6.07) is 19.3. The Morgan fingerprint density at radius 1 is 1.09 bits per heavy atom. The number of aliphatic carboxylic acids is 1. The molecule has 0 aliphatic carbocycles. The van der Waals surface area contributed by atoms with E-state index < -0.39 is 12.1 Å².